The lowest BCUT2D eigenvalue weighted by atomic mass is 9.81. The Hall–Kier alpha value is -0.180. The van der Waals surface area contributed by atoms with Crippen molar-refractivity contribution < 1.29 is 8.78 Å². The van der Waals surface area contributed by atoms with E-state index in [9.17, 15) is 8.78 Å². The summed E-state index contributed by atoms with van der Waals surface area (Å²) in [5.74, 6) is -2.48. The normalized spacial score (nSPS) is 30.2. The maximum Gasteiger partial charge on any atom is 0.260 e. The molecule has 1 saturated heterocycles. The minimum Gasteiger partial charge on any atom is -0.308 e. The molecule has 1 aliphatic rings. The lowest BCUT2D eigenvalue weighted by molar-refractivity contribution is -0.0400. The Morgan fingerprint density at radius 2 is 1.92 bits per heavy atom. The quantitative estimate of drug-likeness (QED) is 0.599. The van der Waals surface area contributed by atoms with Gasteiger partial charge in [-0.05, 0) is 11.8 Å². The predicted molar refractivity (Wildman–Crippen MR) is 45.4 cm³/mol. The molecule has 1 heterocycles. The minimum absolute atomic E-state index is 0.0297. The van der Waals surface area contributed by atoms with Gasteiger partial charge in [-0.3, -0.25) is 0 Å². The summed E-state index contributed by atoms with van der Waals surface area (Å²) >= 11 is 0. The van der Waals surface area contributed by atoms with Gasteiger partial charge in [0, 0.05) is 12.5 Å². The van der Waals surface area contributed by atoms with Crippen molar-refractivity contribution in [3.63, 3.8) is 0 Å². The summed E-state index contributed by atoms with van der Waals surface area (Å²) < 4.78 is 25.4. The van der Waals surface area contributed by atoms with Gasteiger partial charge in [0.2, 0.25) is 0 Å². The number of hydrogen-bond donors (Lipinski definition) is 1. The van der Waals surface area contributed by atoms with E-state index in [0.29, 0.717) is 6.42 Å². The monoisotopic (exact) mass is 177 g/mol. The molecule has 0 aromatic heterocycles. The molecule has 1 atom stereocenters. The summed E-state index contributed by atoms with van der Waals surface area (Å²) in [6, 6.07) is 0.233. The van der Waals surface area contributed by atoms with Gasteiger partial charge < -0.3 is 5.32 Å². The lowest BCUT2D eigenvalue weighted by Gasteiger charge is -2.37. The number of halogens is 2. The summed E-state index contributed by atoms with van der Waals surface area (Å²) in [6.45, 7) is 6.07. The first kappa shape index (κ1) is 9.90. The third-order valence-corrected chi connectivity index (χ3v) is 2.45. The Kier molecular flexibility index (Phi) is 2.43. The van der Waals surface area contributed by atoms with Crippen LogP contribution >= 0.6 is 0 Å². The van der Waals surface area contributed by atoms with E-state index < -0.39 is 5.92 Å². The van der Waals surface area contributed by atoms with Crippen LogP contribution in [-0.4, -0.2) is 18.5 Å². The van der Waals surface area contributed by atoms with E-state index in [-0.39, 0.29) is 24.4 Å². The average molecular weight is 177 g/mol. The van der Waals surface area contributed by atoms with Gasteiger partial charge in [0.1, 0.15) is 0 Å². The van der Waals surface area contributed by atoms with Crippen LogP contribution in [0.25, 0.3) is 0 Å². The second kappa shape index (κ2) is 2.95. The van der Waals surface area contributed by atoms with Crippen LogP contribution in [0.4, 0.5) is 8.78 Å². The molecular formula is C9H17F2N. The molecule has 72 valence electrons. The first-order valence-electron chi connectivity index (χ1n) is 4.42. The largest absolute Gasteiger partial charge is 0.308 e. The van der Waals surface area contributed by atoms with E-state index in [0.717, 1.165) is 0 Å². The van der Waals surface area contributed by atoms with Gasteiger partial charge in [-0.25, -0.2) is 8.78 Å². The van der Waals surface area contributed by atoms with Gasteiger partial charge in [-0.2, -0.15) is 0 Å². The van der Waals surface area contributed by atoms with Crippen molar-refractivity contribution in [2.75, 3.05) is 6.54 Å². The maximum atomic E-state index is 12.7. The van der Waals surface area contributed by atoms with E-state index in [1.54, 1.807) is 0 Å². The van der Waals surface area contributed by atoms with Crippen LogP contribution in [0, 0.1) is 5.41 Å². The molecule has 3 heteroatoms. The van der Waals surface area contributed by atoms with E-state index in [1.807, 2.05) is 0 Å². The van der Waals surface area contributed by atoms with Crippen molar-refractivity contribution in [2.24, 2.45) is 5.41 Å². The SMILES string of the molecule is CC(C)(C)C1CCC(F)(F)CN1. The van der Waals surface area contributed by atoms with Gasteiger partial charge in [0.05, 0.1) is 6.54 Å². The van der Waals surface area contributed by atoms with Crippen molar-refractivity contribution in [3.8, 4) is 0 Å². The van der Waals surface area contributed by atoms with E-state index >= 15 is 0 Å². The standard InChI is InChI=1S/C9H17F2N/c1-8(2,3)7-4-5-9(10,11)6-12-7/h7,12H,4-6H2,1-3H3. The highest BCUT2D eigenvalue weighted by Gasteiger charge is 2.38. The van der Waals surface area contributed by atoms with Gasteiger partial charge in [0.15, 0.2) is 0 Å². The fourth-order valence-electron chi connectivity index (χ4n) is 1.56. The first-order chi connectivity index (χ1) is 5.31. The van der Waals surface area contributed by atoms with Crippen LogP contribution in [0.15, 0.2) is 0 Å². The van der Waals surface area contributed by atoms with E-state index in [4.69, 9.17) is 0 Å². The Labute approximate surface area is 72.5 Å². The molecule has 1 N–H and O–H groups in total. The van der Waals surface area contributed by atoms with Gasteiger partial charge in [0.25, 0.3) is 5.92 Å². The molecule has 0 spiro atoms. The smallest absolute Gasteiger partial charge is 0.260 e. The topological polar surface area (TPSA) is 12.0 Å². The van der Waals surface area contributed by atoms with Crippen LogP contribution in [0.3, 0.4) is 0 Å². The fourth-order valence-corrected chi connectivity index (χ4v) is 1.56. The van der Waals surface area contributed by atoms with Gasteiger partial charge >= 0.3 is 0 Å². The molecule has 1 unspecified atom stereocenters. The summed E-state index contributed by atoms with van der Waals surface area (Å²) in [5, 5.41) is 2.90. The van der Waals surface area contributed by atoms with Crippen molar-refractivity contribution >= 4 is 0 Å². The van der Waals surface area contributed by atoms with Gasteiger partial charge in [-0.1, -0.05) is 20.8 Å². The van der Waals surface area contributed by atoms with Crippen LogP contribution in [0.2, 0.25) is 0 Å². The molecule has 1 fully saturated rings. The van der Waals surface area contributed by atoms with Crippen LogP contribution in [0.1, 0.15) is 33.6 Å². The fraction of sp³-hybridized carbons (Fsp3) is 1.00. The Morgan fingerprint density at radius 1 is 1.33 bits per heavy atom. The zero-order chi connectivity index (χ0) is 9.41. The summed E-state index contributed by atoms with van der Waals surface area (Å²) in [6.07, 6.45) is 0.610. The number of hydrogen-bond acceptors (Lipinski definition) is 1. The zero-order valence-corrected chi connectivity index (χ0v) is 7.95. The van der Waals surface area contributed by atoms with Crippen LogP contribution in [-0.2, 0) is 0 Å². The highest BCUT2D eigenvalue weighted by atomic mass is 19.3. The van der Waals surface area contributed by atoms with Gasteiger partial charge in [-0.15, -0.1) is 0 Å². The average Bonchev–Trinajstić information content (AvgIpc) is 1.83. The van der Waals surface area contributed by atoms with Crippen molar-refractivity contribution in [3.05, 3.63) is 0 Å². The first-order valence-corrected chi connectivity index (χ1v) is 4.42. The highest BCUT2D eigenvalue weighted by molar-refractivity contribution is 4.88. The lowest BCUT2D eigenvalue weighted by Crippen LogP contribution is -2.50. The number of rotatable bonds is 0. The van der Waals surface area contributed by atoms with Crippen molar-refractivity contribution in [1.29, 1.82) is 0 Å². The van der Waals surface area contributed by atoms with Crippen molar-refractivity contribution in [1.82, 2.24) is 5.32 Å². The third-order valence-electron chi connectivity index (χ3n) is 2.45. The second-order valence-electron chi connectivity index (χ2n) is 4.69. The van der Waals surface area contributed by atoms with Crippen LogP contribution in [0.5, 0.6) is 0 Å². The third kappa shape index (κ3) is 2.41. The molecule has 0 aromatic rings. The highest BCUT2D eigenvalue weighted by Crippen LogP contribution is 2.31. The summed E-state index contributed by atoms with van der Waals surface area (Å²) in [5.41, 5.74) is 0.0938. The summed E-state index contributed by atoms with van der Waals surface area (Å²) in [4.78, 5) is 0. The number of piperidine rings is 1. The second-order valence-corrected chi connectivity index (χ2v) is 4.69. The number of alkyl halides is 2. The molecule has 1 rings (SSSR count). The maximum absolute atomic E-state index is 12.7. The molecule has 0 bridgehead atoms. The molecule has 0 aliphatic carbocycles. The van der Waals surface area contributed by atoms with Crippen molar-refractivity contribution in [2.45, 2.75) is 45.6 Å². The predicted octanol–water partition coefficient (Wildman–Crippen LogP) is 2.42. The summed E-state index contributed by atoms with van der Waals surface area (Å²) in [7, 11) is 0. The molecule has 1 nitrogen and oxygen atoms in total. The molecule has 0 amide bonds. The Bertz CT molecular complexity index is 150. The molecule has 1 aliphatic heterocycles. The van der Waals surface area contributed by atoms with Crippen LogP contribution < -0.4 is 5.32 Å². The molecule has 12 heavy (non-hydrogen) atoms. The number of nitrogens with one attached hydrogen (secondary N) is 1. The molecule has 0 aromatic carbocycles. The Morgan fingerprint density at radius 3 is 2.25 bits per heavy atom. The van der Waals surface area contributed by atoms with E-state index in [2.05, 4.69) is 26.1 Å². The Balaban J connectivity index is 2.47. The molecule has 0 saturated carbocycles. The molecule has 0 radical (unpaired) electrons. The minimum atomic E-state index is -2.48. The zero-order valence-electron chi connectivity index (χ0n) is 7.95. The molecular weight excluding hydrogens is 160 g/mol. The van der Waals surface area contributed by atoms with E-state index in [1.165, 1.54) is 0 Å².